The number of halogens is 2. The molecule has 0 atom stereocenters. The molecule has 4 nitrogen and oxygen atoms in total. The van der Waals surface area contributed by atoms with E-state index in [0.29, 0.717) is 10.2 Å². The molecule has 0 saturated heterocycles. The van der Waals surface area contributed by atoms with E-state index in [1.54, 1.807) is 6.20 Å². The topological polar surface area (TPSA) is 50.7 Å². The maximum absolute atomic E-state index is 5.88. The third-order valence-electron chi connectivity index (χ3n) is 2.23. The van der Waals surface area contributed by atoms with Gasteiger partial charge in [-0.05, 0) is 29.3 Å². The van der Waals surface area contributed by atoms with Crippen LogP contribution in [0.5, 0.6) is 0 Å². The van der Waals surface area contributed by atoms with Crippen LogP contribution in [0.25, 0.3) is 10.8 Å². The quantitative estimate of drug-likeness (QED) is 0.903. The van der Waals surface area contributed by atoms with Gasteiger partial charge >= 0.3 is 0 Å². The molecule has 0 bridgehead atoms. The summed E-state index contributed by atoms with van der Waals surface area (Å²) in [4.78, 5) is 13.1. The highest BCUT2D eigenvalue weighted by molar-refractivity contribution is 9.10. The molecule has 2 aromatic heterocycles. The Kier molecular flexibility index (Phi) is 4.53. The highest BCUT2D eigenvalue weighted by Crippen LogP contribution is 2.30. The maximum Gasteiger partial charge on any atom is 0.191 e. The number of thiazole rings is 1. The van der Waals surface area contributed by atoms with Crippen molar-refractivity contribution in [2.45, 2.75) is 20.3 Å². The lowest BCUT2D eigenvalue weighted by Crippen LogP contribution is -2.06. The first-order valence-corrected chi connectivity index (χ1v) is 7.50. The van der Waals surface area contributed by atoms with Crippen molar-refractivity contribution in [3.63, 3.8) is 0 Å². The average molecular weight is 348 g/mol. The lowest BCUT2D eigenvalue weighted by Gasteiger charge is -2.09. The van der Waals surface area contributed by atoms with E-state index in [2.05, 4.69) is 43.1 Å². The molecule has 18 heavy (non-hydrogen) atoms. The molecule has 0 saturated carbocycles. The van der Waals surface area contributed by atoms with E-state index in [-0.39, 0.29) is 0 Å². The summed E-state index contributed by atoms with van der Waals surface area (Å²) in [5, 5.41) is 4.00. The van der Waals surface area contributed by atoms with Gasteiger partial charge in [0.25, 0.3) is 0 Å². The van der Waals surface area contributed by atoms with Gasteiger partial charge in [-0.1, -0.05) is 29.9 Å². The molecule has 0 unspecified atom stereocenters. The van der Waals surface area contributed by atoms with Crippen molar-refractivity contribution in [2.75, 3.05) is 11.9 Å². The summed E-state index contributed by atoms with van der Waals surface area (Å²) in [6, 6.07) is 0. The molecule has 0 fully saturated rings. The third kappa shape index (κ3) is 2.99. The molecule has 2 aromatic rings. The summed E-state index contributed by atoms with van der Waals surface area (Å²) < 4.78 is 1.53. The smallest absolute Gasteiger partial charge is 0.191 e. The molecule has 96 valence electrons. The van der Waals surface area contributed by atoms with E-state index in [4.69, 9.17) is 11.6 Å². The second-order valence-corrected chi connectivity index (χ2v) is 6.15. The number of hydrogen-bond acceptors (Lipinski definition) is 5. The Morgan fingerprint density at radius 3 is 2.83 bits per heavy atom. The number of hydrogen-bond donors (Lipinski definition) is 1. The number of nitrogens with zero attached hydrogens (tertiary/aromatic N) is 3. The summed E-state index contributed by atoms with van der Waals surface area (Å²) in [7, 11) is 0. The van der Waals surface area contributed by atoms with Crippen LogP contribution in [0, 0.1) is 6.92 Å². The molecule has 2 rings (SSSR count). The van der Waals surface area contributed by atoms with Gasteiger partial charge in [0.05, 0.1) is 16.4 Å². The second-order valence-electron chi connectivity index (χ2n) is 3.69. The number of aromatic nitrogens is 3. The number of rotatable bonds is 4. The normalized spacial score (nSPS) is 10.7. The summed E-state index contributed by atoms with van der Waals surface area (Å²) in [6.45, 7) is 4.91. The van der Waals surface area contributed by atoms with Crippen LogP contribution < -0.4 is 5.32 Å². The van der Waals surface area contributed by atoms with E-state index in [9.17, 15) is 0 Å². The Balaban J connectivity index is 2.40. The first kappa shape index (κ1) is 13.7. The van der Waals surface area contributed by atoms with Crippen LogP contribution >= 0.6 is 38.9 Å². The van der Waals surface area contributed by atoms with E-state index >= 15 is 0 Å². The van der Waals surface area contributed by atoms with Crippen molar-refractivity contribution >= 4 is 44.7 Å². The summed E-state index contributed by atoms with van der Waals surface area (Å²) >= 11 is 10.7. The summed E-state index contributed by atoms with van der Waals surface area (Å²) in [5.74, 6) is 1.40. The zero-order chi connectivity index (χ0) is 13.1. The monoisotopic (exact) mass is 346 g/mol. The number of aryl methyl sites for hydroxylation is 1. The van der Waals surface area contributed by atoms with Crippen LogP contribution in [0.4, 0.5) is 5.82 Å². The molecule has 1 N–H and O–H groups in total. The van der Waals surface area contributed by atoms with Gasteiger partial charge in [-0.15, -0.1) is 0 Å². The SMILES string of the molecule is CCCNc1nc(-c2ncc(Cl)s2)nc(C)c1Br. The fraction of sp³-hybridized carbons (Fsp3) is 0.364. The van der Waals surface area contributed by atoms with Crippen LogP contribution in [-0.4, -0.2) is 21.5 Å². The Morgan fingerprint density at radius 2 is 2.22 bits per heavy atom. The zero-order valence-corrected chi connectivity index (χ0v) is 13.2. The van der Waals surface area contributed by atoms with E-state index in [1.165, 1.54) is 11.3 Å². The van der Waals surface area contributed by atoms with Crippen molar-refractivity contribution in [1.29, 1.82) is 0 Å². The van der Waals surface area contributed by atoms with Gasteiger partial charge in [-0.3, -0.25) is 0 Å². The van der Waals surface area contributed by atoms with E-state index in [1.807, 2.05) is 6.92 Å². The number of nitrogens with one attached hydrogen (secondary N) is 1. The lowest BCUT2D eigenvalue weighted by molar-refractivity contribution is 0.958. The first-order chi connectivity index (χ1) is 8.61. The molecule has 2 heterocycles. The fourth-order valence-corrected chi connectivity index (χ4v) is 2.54. The van der Waals surface area contributed by atoms with Crippen LogP contribution in [-0.2, 0) is 0 Å². The highest BCUT2D eigenvalue weighted by Gasteiger charge is 2.13. The maximum atomic E-state index is 5.88. The summed E-state index contributed by atoms with van der Waals surface area (Å²) in [6.07, 6.45) is 2.65. The van der Waals surface area contributed by atoms with E-state index < -0.39 is 0 Å². The van der Waals surface area contributed by atoms with Crippen molar-refractivity contribution in [3.8, 4) is 10.8 Å². The second kappa shape index (κ2) is 5.95. The van der Waals surface area contributed by atoms with Crippen molar-refractivity contribution in [1.82, 2.24) is 15.0 Å². The van der Waals surface area contributed by atoms with Crippen molar-refractivity contribution in [2.24, 2.45) is 0 Å². The Labute approximate surface area is 123 Å². The molecule has 0 aromatic carbocycles. The van der Waals surface area contributed by atoms with Gasteiger partial charge in [0.2, 0.25) is 0 Å². The molecular weight excluding hydrogens is 336 g/mol. The van der Waals surface area contributed by atoms with Gasteiger partial charge in [-0.2, -0.15) is 0 Å². The average Bonchev–Trinajstić information content (AvgIpc) is 2.77. The van der Waals surface area contributed by atoms with Gasteiger partial charge in [0.1, 0.15) is 10.2 Å². The highest BCUT2D eigenvalue weighted by atomic mass is 79.9. The predicted octanol–water partition coefficient (Wildman–Crippen LogP) is 4.15. The third-order valence-corrected chi connectivity index (χ3v) is 4.29. The van der Waals surface area contributed by atoms with Crippen LogP contribution in [0.3, 0.4) is 0 Å². The van der Waals surface area contributed by atoms with Crippen molar-refractivity contribution < 1.29 is 0 Å². The van der Waals surface area contributed by atoms with Gasteiger partial charge < -0.3 is 5.32 Å². The van der Waals surface area contributed by atoms with Crippen molar-refractivity contribution in [3.05, 3.63) is 20.7 Å². The molecule has 0 aliphatic carbocycles. The lowest BCUT2D eigenvalue weighted by atomic mass is 10.4. The summed E-state index contributed by atoms with van der Waals surface area (Å²) in [5.41, 5.74) is 0.880. The predicted molar refractivity (Wildman–Crippen MR) is 79.4 cm³/mol. The molecule has 0 amide bonds. The molecular formula is C11H12BrClN4S. The minimum atomic E-state index is 0.603. The Hall–Kier alpha value is -0.720. The Bertz CT molecular complexity index is 558. The molecule has 0 aliphatic heterocycles. The molecule has 0 spiro atoms. The fourth-order valence-electron chi connectivity index (χ4n) is 1.37. The first-order valence-electron chi connectivity index (χ1n) is 5.51. The molecule has 0 aliphatic rings. The number of anilines is 1. The van der Waals surface area contributed by atoms with Gasteiger partial charge in [0, 0.05) is 6.54 Å². The van der Waals surface area contributed by atoms with Crippen LogP contribution in [0.15, 0.2) is 10.7 Å². The zero-order valence-electron chi connectivity index (χ0n) is 10.00. The van der Waals surface area contributed by atoms with Crippen LogP contribution in [0.2, 0.25) is 4.34 Å². The minimum absolute atomic E-state index is 0.603. The van der Waals surface area contributed by atoms with Gasteiger partial charge in [-0.25, -0.2) is 15.0 Å². The molecule has 0 radical (unpaired) electrons. The minimum Gasteiger partial charge on any atom is -0.369 e. The standard InChI is InChI=1S/C11H12BrClN4S/c1-3-4-14-9-8(12)6(2)16-10(17-9)11-15-5-7(13)18-11/h5H,3-4H2,1-2H3,(H,14,16,17). The van der Waals surface area contributed by atoms with Crippen LogP contribution in [0.1, 0.15) is 19.0 Å². The van der Waals surface area contributed by atoms with Gasteiger partial charge in [0.15, 0.2) is 10.8 Å². The largest absolute Gasteiger partial charge is 0.369 e. The Morgan fingerprint density at radius 1 is 1.44 bits per heavy atom. The van der Waals surface area contributed by atoms with E-state index in [0.717, 1.165) is 34.0 Å². The molecule has 7 heteroatoms.